The van der Waals surface area contributed by atoms with Crippen molar-refractivity contribution < 1.29 is 19.2 Å². The second-order valence-corrected chi connectivity index (χ2v) is 6.84. The van der Waals surface area contributed by atoms with Gasteiger partial charge in [-0.3, -0.25) is 24.1 Å². The van der Waals surface area contributed by atoms with Gasteiger partial charge in [-0.15, -0.1) is 0 Å². The van der Waals surface area contributed by atoms with Gasteiger partial charge < -0.3 is 15.1 Å². The number of Topliss-reactive ketones (excluding diaryl/α,β-unsaturated/α-hetero) is 1. The van der Waals surface area contributed by atoms with Crippen LogP contribution in [0.3, 0.4) is 0 Å². The highest BCUT2D eigenvalue weighted by Gasteiger charge is 2.40. The fraction of sp³-hybridized carbons (Fsp3) is 0.474. The number of ketones is 1. The monoisotopic (exact) mass is 372 g/mol. The van der Waals surface area contributed by atoms with Gasteiger partial charge in [0.05, 0.1) is 11.3 Å². The number of hydrogen-bond donors (Lipinski definition) is 1. The van der Waals surface area contributed by atoms with E-state index in [9.17, 15) is 19.2 Å². The van der Waals surface area contributed by atoms with Crippen LogP contribution in [0.4, 0.5) is 5.69 Å². The molecule has 1 aromatic carbocycles. The summed E-state index contributed by atoms with van der Waals surface area (Å²) in [7, 11) is 1.75. The number of likely N-dealkylation sites (N-methyl/N-ethyl adjacent to an activating group) is 1. The van der Waals surface area contributed by atoms with Gasteiger partial charge in [-0.1, -0.05) is 19.1 Å². The fourth-order valence-electron chi connectivity index (χ4n) is 3.44. The molecule has 0 radical (unpaired) electrons. The highest BCUT2D eigenvalue weighted by atomic mass is 16.2. The highest BCUT2D eigenvalue weighted by molar-refractivity contribution is 6.44. The number of fused-ring (bicyclic) bond motifs is 1. The van der Waals surface area contributed by atoms with Crippen molar-refractivity contribution in [2.75, 3.05) is 45.1 Å². The lowest BCUT2D eigenvalue weighted by molar-refractivity contribution is -0.146. The van der Waals surface area contributed by atoms with E-state index in [1.165, 1.54) is 11.0 Å². The number of nitrogens with one attached hydrogen (secondary N) is 1. The van der Waals surface area contributed by atoms with Crippen LogP contribution in [0.25, 0.3) is 0 Å². The van der Waals surface area contributed by atoms with Crippen molar-refractivity contribution >= 4 is 29.2 Å². The Morgan fingerprint density at radius 1 is 1.11 bits per heavy atom. The van der Waals surface area contributed by atoms with Crippen molar-refractivity contribution in [3.05, 3.63) is 29.8 Å². The molecular weight excluding hydrogens is 348 g/mol. The molecule has 0 bridgehead atoms. The van der Waals surface area contributed by atoms with Gasteiger partial charge in [0.1, 0.15) is 6.04 Å². The van der Waals surface area contributed by atoms with Crippen LogP contribution in [-0.2, 0) is 14.4 Å². The lowest BCUT2D eigenvalue weighted by Gasteiger charge is -2.45. The van der Waals surface area contributed by atoms with E-state index in [1.54, 1.807) is 37.1 Å². The summed E-state index contributed by atoms with van der Waals surface area (Å²) in [5.41, 5.74) is 0.494. The number of para-hydroxylation sites is 1. The number of piperazine rings is 2. The summed E-state index contributed by atoms with van der Waals surface area (Å²) >= 11 is 0. The maximum Gasteiger partial charge on any atom is 0.295 e. The molecule has 0 unspecified atom stereocenters. The zero-order chi connectivity index (χ0) is 19.6. The molecule has 2 aliphatic heterocycles. The first-order valence-electron chi connectivity index (χ1n) is 9.14. The van der Waals surface area contributed by atoms with Crippen LogP contribution in [0.1, 0.15) is 23.7 Å². The molecule has 0 aromatic heterocycles. The molecule has 27 heavy (non-hydrogen) atoms. The first kappa shape index (κ1) is 19.0. The predicted molar refractivity (Wildman–Crippen MR) is 99.3 cm³/mol. The molecule has 0 saturated carbocycles. The second kappa shape index (κ2) is 7.87. The Bertz CT molecular complexity index is 779. The van der Waals surface area contributed by atoms with E-state index in [0.717, 1.165) is 6.54 Å². The zero-order valence-corrected chi connectivity index (χ0v) is 15.6. The van der Waals surface area contributed by atoms with Gasteiger partial charge in [0, 0.05) is 46.2 Å². The minimum absolute atomic E-state index is 0.0261. The minimum Gasteiger partial charge on any atom is -0.343 e. The Balaban J connectivity index is 1.75. The van der Waals surface area contributed by atoms with Crippen molar-refractivity contribution in [2.45, 2.75) is 19.4 Å². The quantitative estimate of drug-likeness (QED) is 0.603. The Labute approximate surface area is 158 Å². The molecule has 0 aliphatic carbocycles. The largest absolute Gasteiger partial charge is 0.343 e. The van der Waals surface area contributed by atoms with Crippen LogP contribution < -0.4 is 5.32 Å². The summed E-state index contributed by atoms with van der Waals surface area (Å²) in [6.07, 6.45) is 0.274. The van der Waals surface area contributed by atoms with Crippen LogP contribution in [-0.4, -0.2) is 84.0 Å². The Morgan fingerprint density at radius 2 is 1.81 bits per heavy atom. The number of carbonyl (C=O) groups excluding carboxylic acids is 4. The molecule has 0 spiro atoms. The minimum atomic E-state index is -0.674. The number of carbonyl (C=O) groups is 4. The summed E-state index contributed by atoms with van der Waals surface area (Å²) in [6.45, 7) is 4.33. The summed E-state index contributed by atoms with van der Waals surface area (Å²) in [6, 6.07) is 6.08. The molecule has 2 aliphatic rings. The van der Waals surface area contributed by atoms with E-state index in [-0.39, 0.29) is 30.3 Å². The van der Waals surface area contributed by atoms with Gasteiger partial charge in [0.15, 0.2) is 0 Å². The Morgan fingerprint density at radius 3 is 2.56 bits per heavy atom. The summed E-state index contributed by atoms with van der Waals surface area (Å²) in [5.74, 6) is -1.57. The Kier molecular flexibility index (Phi) is 5.55. The van der Waals surface area contributed by atoms with Crippen molar-refractivity contribution in [3.63, 3.8) is 0 Å². The van der Waals surface area contributed by atoms with Crippen LogP contribution in [0.15, 0.2) is 24.3 Å². The summed E-state index contributed by atoms with van der Waals surface area (Å²) in [5, 5.41) is 2.66. The van der Waals surface area contributed by atoms with Gasteiger partial charge in [-0.25, -0.2) is 0 Å². The number of amides is 3. The number of anilines is 1. The van der Waals surface area contributed by atoms with Gasteiger partial charge in [-0.2, -0.15) is 0 Å². The molecule has 8 nitrogen and oxygen atoms in total. The average molecular weight is 372 g/mol. The van der Waals surface area contributed by atoms with E-state index in [4.69, 9.17) is 0 Å². The average Bonchev–Trinajstić information content (AvgIpc) is 2.69. The molecule has 3 amide bonds. The maximum absolute atomic E-state index is 12.8. The number of nitrogens with zero attached hydrogens (tertiary/aromatic N) is 3. The smallest absolute Gasteiger partial charge is 0.295 e. The third kappa shape index (κ3) is 3.85. The Hall–Kier alpha value is -2.74. The van der Waals surface area contributed by atoms with Crippen LogP contribution in [0.2, 0.25) is 0 Å². The van der Waals surface area contributed by atoms with Crippen LogP contribution >= 0.6 is 0 Å². The van der Waals surface area contributed by atoms with Crippen LogP contribution in [0.5, 0.6) is 0 Å². The normalized spacial score (nSPS) is 20.2. The predicted octanol–water partition coefficient (Wildman–Crippen LogP) is 0.203. The lowest BCUT2D eigenvalue weighted by Crippen LogP contribution is -2.65. The molecule has 1 atom stereocenters. The van der Waals surface area contributed by atoms with E-state index >= 15 is 0 Å². The standard InChI is InChI=1S/C19H24N4O4/c1-3-16(24)20-14-7-5-4-6-13(14)17(25)19(27)23-11-10-22-9-8-21(2)18(26)15(22)12-23/h4-7,15H,3,8-12H2,1-2H3,(H,20,24)/t15-/m0/s1. The van der Waals surface area contributed by atoms with Gasteiger partial charge in [0.2, 0.25) is 11.8 Å². The van der Waals surface area contributed by atoms with Gasteiger partial charge in [0.25, 0.3) is 11.7 Å². The van der Waals surface area contributed by atoms with Crippen LogP contribution in [0, 0.1) is 0 Å². The zero-order valence-electron chi connectivity index (χ0n) is 15.6. The molecular formula is C19H24N4O4. The molecule has 144 valence electrons. The van der Waals surface area contributed by atoms with Crippen molar-refractivity contribution in [2.24, 2.45) is 0 Å². The number of hydrogen-bond acceptors (Lipinski definition) is 5. The third-order valence-electron chi connectivity index (χ3n) is 5.12. The molecule has 2 fully saturated rings. The first-order chi connectivity index (χ1) is 12.9. The van der Waals surface area contributed by atoms with E-state index in [2.05, 4.69) is 10.2 Å². The maximum atomic E-state index is 12.8. The third-order valence-corrected chi connectivity index (χ3v) is 5.12. The van der Waals surface area contributed by atoms with Gasteiger partial charge >= 0.3 is 0 Å². The van der Waals surface area contributed by atoms with Crippen molar-refractivity contribution in [1.29, 1.82) is 0 Å². The van der Waals surface area contributed by atoms with Crippen molar-refractivity contribution in [3.8, 4) is 0 Å². The number of benzene rings is 1. The molecule has 1 N–H and O–H groups in total. The molecule has 2 heterocycles. The first-order valence-corrected chi connectivity index (χ1v) is 9.14. The molecule has 8 heteroatoms. The molecule has 1 aromatic rings. The lowest BCUT2D eigenvalue weighted by atomic mass is 10.0. The highest BCUT2D eigenvalue weighted by Crippen LogP contribution is 2.20. The van der Waals surface area contributed by atoms with Gasteiger partial charge in [-0.05, 0) is 12.1 Å². The van der Waals surface area contributed by atoms with Crippen molar-refractivity contribution in [1.82, 2.24) is 14.7 Å². The van der Waals surface area contributed by atoms with E-state index in [1.807, 2.05) is 0 Å². The molecule has 3 rings (SSSR count). The fourth-order valence-corrected chi connectivity index (χ4v) is 3.44. The second-order valence-electron chi connectivity index (χ2n) is 6.84. The molecule has 2 saturated heterocycles. The topological polar surface area (TPSA) is 90.0 Å². The summed E-state index contributed by atoms with van der Waals surface area (Å²) < 4.78 is 0. The number of rotatable bonds is 4. The summed E-state index contributed by atoms with van der Waals surface area (Å²) in [4.78, 5) is 54.8. The SMILES string of the molecule is CCC(=O)Nc1ccccc1C(=O)C(=O)N1CCN2CCN(C)C(=O)[C@@H]2C1. The van der Waals surface area contributed by atoms with E-state index < -0.39 is 17.7 Å². The van der Waals surface area contributed by atoms with E-state index in [0.29, 0.717) is 25.3 Å².